The maximum atomic E-state index is 5.91. The summed E-state index contributed by atoms with van der Waals surface area (Å²) < 4.78 is 5.91. The van der Waals surface area contributed by atoms with Crippen LogP contribution in [0.2, 0.25) is 0 Å². The number of hydrogen-bond acceptors (Lipinski definition) is 1. The van der Waals surface area contributed by atoms with Gasteiger partial charge in [0.05, 0.1) is 6.61 Å². The predicted molar refractivity (Wildman–Crippen MR) is 140 cm³/mol. The first-order valence-corrected chi connectivity index (χ1v) is 13.3. The molecule has 0 heterocycles. The molecule has 0 aromatic heterocycles. The van der Waals surface area contributed by atoms with Gasteiger partial charge in [-0.25, -0.2) is 0 Å². The molecular formula is C31H44O. The maximum Gasteiger partial charge on any atom is 0.119 e. The van der Waals surface area contributed by atoms with Gasteiger partial charge in [0, 0.05) is 0 Å². The van der Waals surface area contributed by atoms with Crippen LogP contribution in [0.25, 0.3) is 16.7 Å². The van der Waals surface area contributed by atoms with Crippen molar-refractivity contribution in [2.24, 2.45) is 5.92 Å². The minimum Gasteiger partial charge on any atom is -0.494 e. The van der Waals surface area contributed by atoms with Crippen molar-refractivity contribution in [3.05, 3.63) is 60.2 Å². The van der Waals surface area contributed by atoms with E-state index >= 15 is 0 Å². The lowest BCUT2D eigenvalue weighted by molar-refractivity contribution is 0.304. The summed E-state index contributed by atoms with van der Waals surface area (Å²) in [5, 5.41) is 0. The van der Waals surface area contributed by atoms with E-state index < -0.39 is 0 Å². The number of unbranched alkanes of at least 4 members (excludes halogenated alkanes) is 7. The molecule has 0 saturated heterocycles. The summed E-state index contributed by atoms with van der Waals surface area (Å²) in [6.45, 7) is 5.37. The highest BCUT2D eigenvalue weighted by Crippen LogP contribution is 2.34. The Morgan fingerprint density at radius 2 is 1.28 bits per heavy atom. The second kappa shape index (κ2) is 14.2. The third-order valence-corrected chi connectivity index (χ3v) is 6.95. The molecule has 0 saturated carbocycles. The standard InChI is InChI=1S/C31H44O/c1-3-5-7-9-11-25-32-31-23-21-30(22-24-31)29-19-17-28(18-20-29)27-15-13-26(14-16-27)12-10-8-6-4-2/h15,17-24,26H,3-14,16,25H2,1-2H3. The molecule has 2 aromatic carbocycles. The maximum absolute atomic E-state index is 5.91. The van der Waals surface area contributed by atoms with Gasteiger partial charge < -0.3 is 4.74 Å². The van der Waals surface area contributed by atoms with Crippen LogP contribution in [0, 0.1) is 5.92 Å². The highest BCUT2D eigenvalue weighted by atomic mass is 16.5. The molecule has 0 fully saturated rings. The van der Waals surface area contributed by atoms with Crippen LogP contribution < -0.4 is 4.74 Å². The highest BCUT2D eigenvalue weighted by Gasteiger charge is 2.15. The van der Waals surface area contributed by atoms with E-state index in [9.17, 15) is 0 Å². The van der Waals surface area contributed by atoms with Gasteiger partial charge in [-0.2, -0.15) is 0 Å². The summed E-state index contributed by atoms with van der Waals surface area (Å²) in [6, 6.07) is 17.8. The highest BCUT2D eigenvalue weighted by molar-refractivity contribution is 5.71. The molecule has 0 bridgehead atoms. The van der Waals surface area contributed by atoms with Gasteiger partial charge in [-0.1, -0.05) is 114 Å². The normalized spacial score (nSPS) is 16.1. The predicted octanol–water partition coefficient (Wildman–Crippen LogP) is 9.86. The minimum atomic E-state index is 0.826. The second-order valence-electron chi connectivity index (χ2n) is 9.58. The molecule has 0 amide bonds. The van der Waals surface area contributed by atoms with Gasteiger partial charge in [0.15, 0.2) is 0 Å². The Morgan fingerprint density at radius 3 is 1.91 bits per heavy atom. The average molecular weight is 433 g/mol. The number of allylic oxidation sites excluding steroid dienone is 2. The van der Waals surface area contributed by atoms with Crippen LogP contribution in [0.3, 0.4) is 0 Å². The molecule has 1 aliphatic rings. The van der Waals surface area contributed by atoms with E-state index in [0.29, 0.717) is 0 Å². The molecule has 3 rings (SSSR count). The fourth-order valence-electron chi connectivity index (χ4n) is 4.79. The number of ether oxygens (including phenoxy) is 1. The SMILES string of the molecule is CCCCCCCOc1ccc(-c2ccc(C3=CCC(CCCCCC)CC3)cc2)cc1. The van der Waals surface area contributed by atoms with Gasteiger partial charge in [0.2, 0.25) is 0 Å². The topological polar surface area (TPSA) is 9.23 Å². The quantitative estimate of drug-likeness (QED) is 0.270. The summed E-state index contributed by atoms with van der Waals surface area (Å²) in [5.41, 5.74) is 5.49. The van der Waals surface area contributed by atoms with Crippen LogP contribution in [-0.2, 0) is 0 Å². The third-order valence-electron chi connectivity index (χ3n) is 6.95. The first-order valence-electron chi connectivity index (χ1n) is 13.3. The summed E-state index contributed by atoms with van der Waals surface area (Å²) in [5.74, 6) is 1.89. The summed E-state index contributed by atoms with van der Waals surface area (Å²) in [6.07, 6.45) is 19.7. The van der Waals surface area contributed by atoms with Crippen molar-refractivity contribution in [1.29, 1.82) is 0 Å². The van der Waals surface area contributed by atoms with Gasteiger partial charge in [-0.15, -0.1) is 0 Å². The first kappa shape index (κ1) is 24.6. The van der Waals surface area contributed by atoms with Crippen LogP contribution in [0.5, 0.6) is 5.75 Å². The largest absolute Gasteiger partial charge is 0.494 e. The summed E-state index contributed by atoms with van der Waals surface area (Å²) in [4.78, 5) is 0. The van der Waals surface area contributed by atoms with Crippen molar-refractivity contribution in [2.75, 3.05) is 6.61 Å². The molecule has 0 N–H and O–H groups in total. The van der Waals surface area contributed by atoms with Crippen LogP contribution >= 0.6 is 0 Å². The summed E-state index contributed by atoms with van der Waals surface area (Å²) in [7, 11) is 0. The van der Waals surface area contributed by atoms with Gasteiger partial charge in [0.1, 0.15) is 5.75 Å². The van der Waals surface area contributed by atoms with Gasteiger partial charge in [-0.05, 0) is 66.0 Å². The molecule has 1 aliphatic carbocycles. The molecular weight excluding hydrogens is 388 g/mol. The molecule has 32 heavy (non-hydrogen) atoms. The molecule has 0 aliphatic heterocycles. The van der Waals surface area contributed by atoms with Crippen molar-refractivity contribution in [3.8, 4) is 16.9 Å². The van der Waals surface area contributed by atoms with Gasteiger partial charge in [-0.3, -0.25) is 0 Å². The van der Waals surface area contributed by atoms with E-state index in [2.05, 4.69) is 68.5 Å². The first-order chi connectivity index (χ1) is 15.8. The molecule has 174 valence electrons. The van der Waals surface area contributed by atoms with Crippen molar-refractivity contribution in [2.45, 2.75) is 97.3 Å². The Balaban J connectivity index is 1.45. The molecule has 1 nitrogen and oxygen atoms in total. The Labute approximate surface area is 197 Å². The lowest BCUT2D eigenvalue weighted by atomic mass is 9.83. The van der Waals surface area contributed by atoms with E-state index in [1.807, 2.05) is 0 Å². The van der Waals surface area contributed by atoms with E-state index in [0.717, 1.165) is 24.7 Å². The van der Waals surface area contributed by atoms with Gasteiger partial charge >= 0.3 is 0 Å². The van der Waals surface area contributed by atoms with Crippen LogP contribution in [0.1, 0.15) is 103 Å². The van der Waals surface area contributed by atoms with Crippen molar-refractivity contribution >= 4 is 5.57 Å². The molecule has 0 radical (unpaired) electrons. The number of rotatable bonds is 14. The second-order valence-corrected chi connectivity index (χ2v) is 9.58. The average Bonchev–Trinajstić information content (AvgIpc) is 2.85. The van der Waals surface area contributed by atoms with Crippen molar-refractivity contribution < 1.29 is 4.74 Å². The minimum absolute atomic E-state index is 0.826. The van der Waals surface area contributed by atoms with Crippen LogP contribution in [-0.4, -0.2) is 6.61 Å². The Morgan fingerprint density at radius 1 is 0.688 bits per heavy atom. The zero-order chi connectivity index (χ0) is 22.4. The Kier molecular flexibility index (Phi) is 10.9. The van der Waals surface area contributed by atoms with E-state index in [4.69, 9.17) is 4.74 Å². The van der Waals surface area contributed by atoms with Crippen molar-refractivity contribution in [1.82, 2.24) is 0 Å². The van der Waals surface area contributed by atoms with Crippen LogP contribution in [0.15, 0.2) is 54.6 Å². The summed E-state index contributed by atoms with van der Waals surface area (Å²) >= 11 is 0. The fourth-order valence-corrected chi connectivity index (χ4v) is 4.79. The molecule has 2 aromatic rings. The molecule has 1 unspecified atom stereocenters. The molecule has 0 spiro atoms. The van der Waals surface area contributed by atoms with E-state index in [-0.39, 0.29) is 0 Å². The van der Waals surface area contributed by atoms with Crippen LogP contribution in [0.4, 0.5) is 0 Å². The lowest BCUT2D eigenvalue weighted by Gasteiger charge is -2.22. The molecule has 1 atom stereocenters. The zero-order valence-electron chi connectivity index (χ0n) is 20.6. The Hall–Kier alpha value is -2.02. The van der Waals surface area contributed by atoms with Gasteiger partial charge in [0.25, 0.3) is 0 Å². The fraction of sp³-hybridized carbons (Fsp3) is 0.548. The monoisotopic (exact) mass is 432 g/mol. The Bertz CT molecular complexity index is 784. The third kappa shape index (κ3) is 8.15. The lowest BCUT2D eigenvalue weighted by Crippen LogP contribution is -2.05. The zero-order valence-corrected chi connectivity index (χ0v) is 20.6. The van der Waals surface area contributed by atoms with E-state index in [1.165, 1.54) is 93.7 Å². The van der Waals surface area contributed by atoms with E-state index in [1.54, 1.807) is 5.57 Å². The van der Waals surface area contributed by atoms with Crippen molar-refractivity contribution in [3.63, 3.8) is 0 Å². The number of benzene rings is 2. The number of hydrogen-bond donors (Lipinski definition) is 0. The smallest absolute Gasteiger partial charge is 0.119 e. The molecule has 1 heteroatoms.